The lowest BCUT2D eigenvalue weighted by Gasteiger charge is -2.33. The fourth-order valence-electron chi connectivity index (χ4n) is 2.35. The van der Waals surface area contributed by atoms with Gasteiger partial charge in [-0.1, -0.05) is 11.6 Å². The zero-order valence-electron chi connectivity index (χ0n) is 13.9. The summed E-state index contributed by atoms with van der Waals surface area (Å²) in [7, 11) is 0. The van der Waals surface area contributed by atoms with Crippen molar-refractivity contribution in [2.24, 2.45) is 0 Å². The number of amides is 3. The van der Waals surface area contributed by atoms with Crippen molar-refractivity contribution >= 4 is 40.9 Å². The van der Waals surface area contributed by atoms with E-state index in [9.17, 15) is 24.5 Å². The van der Waals surface area contributed by atoms with E-state index in [0.29, 0.717) is 0 Å². The maximum Gasteiger partial charge on any atom is 0.409 e. The van der Waals surface area contributed by atoms with E-state index in [4.69, 9.17) is 16.3 Å². The fraction of sp³-hybridized carbons (Fsp3) is 0.400. The number of carbonyl (C=O) groups is 3. The van der Waals surface area contributed by atoms with Crippen LogP contribution in [0.4, 0.5) is 16.2 Å². The summed E-state index contributed by atoms with van der Waals surface area (Å²) < 4.78 is 4.88. The van der Waals surface area contributed by atoms with Crippen LogP contribution in [0.2, 0.25) is 5.02 Å². The summed E-state index contributed by atoms with van der Waals surface area (Å²) >= 11 is 5.90. The Morgan fingerprint density at radius 3 is 2.42 bits per heavy atom. The van der Waals surface area contributed by atoms with Crippen LogP contribution in [-0.4, -0.2) is 65.4 Å². The molecule has 0 saturated carbocycles. The molecule has 1 saturated heterocycles. The predicted octanol–water partition coefficient (Wildman–Crippen LogP) is 1.49. The minimum atomic E-state index is -0.961. The number of anilines is 1. The lowest BCUT2D eigenvalue weighted by molar-refractivity contribution is -0.384. The van der Waals surface area contributed by atoms with Crippen molar-refractivity contribution in [3.05, 3.63) is 33.3 Å². The first-order valence-corrected chi connectivity index (χ1v) is 8.17. The molecule has 1 aliphatic rings. The predicted molar refractivity (Wildman–Crippen MR) is 91.9 cm³/mol. The molecule has 10 nitrogen and oxygen atoms in total. The third kappa shape index (κ3) is 4.60. The summed E-state index contributed by atoms with van der Waals surface area (Å²) in [5.41, 5.74) is -0.287. The van der Waals surface area contributed by atoms with Gasteiger partial charge in [0.05, 0.1) is 22.2 Å². The molecular weight excluding hydrogens is 368 g/mol. The number of nitrogens with one attached hydrogen (secondary N) is 1. The van der Waals surface area contributed by atoms with Crippen LogP contribution in [0.15, 0.2) is 18.2 Å². The number of ether oxygens (including phenoxy) is 1. The number of halogens is 1. The Balaban J connectivity index is 1.97. The van der Waals surface area contributed by atoms with Crippen LogP contribution < -0.4 is 5.32 Å². The quantitative estimate of drug-likeness (QED) is 0.478. The highest BCUT2D eigenvalue weighted by molar-refractivity contribution is 6.41. The van der Waals surface area contributed by atoms with E-state index in [2.05, 4.69) is 5.32 Å². The molecule has 0 atom stereocenters. The second-order valence-corrected chi connectivity index (χ2v) is 5.76. The minimum absolute atomic E-state index is 0.0237. The first-order valence-electron chi connectivity index (χ1n) is 7.79. The van der Waals surface area contributed by atoms with E-state index < -0.39 is 22.8 Å². The molecule has 1 aromatic rings. The number of nitro benzene ring substituents is 1. The Morgan fingerprint density at radius 2 is 1.85 bits per heavy atom. The van der Waals surface area contributed by atoms with Crippen molar-refractivity contribution < 1.29 is 24.0 Å². The van der Waals surface area contributed by atoms with Gasteiger partial charge in [0.15, 0.2) is 0 Å². The molecule has 0 bridgehead atoms. The zero-order valence-corrected chi connectivity index (χ0v) is 14.7. The Hall–Kier alpha value is -2.88. The number of hydrogen-bond acceptors (Lipinski definition) is 6. The van der Waals surface area contributed by atoms with Crippen LogP contribution in [0, 0.1) is 10.1 Å². The Labute approximate surface area is 153 Å². The maximum absolute atomic E-state index is 12.2. The smallest absolute Gasteiger partial charge is 0.409 e. The minimum Gasteiger partial charge on any atom is -0.450 e. The first kappa shape index (κ1) is 19.4. The average Bonchev–Trinajstić information content (AvgIpc) is 2.63. The van der Waals surface area contributed by atoms with Gasteiger partial charge in [0, 0.05) is 38.3 Å². The van der Waals surface area contributed by atoms with E-state index in [1.807, 2.05) is 0 Å². The molecule has 0 unspecified atom stereocenters. The molecule has 26 heavy (non-hydrogen) atoms. The number of hydrogen-bond donors (Lipinski definition) is 1. The number of rotatable bonds is 3. The number of piperazine rings is 1. The molecule has 0 aromatic heterocycles. The van der Waals surface area contributed by atoms with Gasteiger partial charge in [-0.05, 0) is 13.0 Å². The molecule has 1 fully saturated rings. The molecule has 1 N–H and O–H groups in total. The Kier molecular flexibility index (Phi) is 6.34. The van der Waals surface area contributed by atoms with Crippen molar-refractivity contribution in [3.8, 4) is 0 Å². The Morgan fingerprint density at radius 1 is 1.23 bits per heavy atom. The highest BCUT2D eigenvalue weighted by Gasteiger charge is 2.28. The van der Waals surface area contributed by atoms with Crippen molar-refractivity contribution in [1.82, 2.24) is 9.80 Å². The molecular formula is C15H17ClN4O6. The molecule has 0 aliphatic carbocycles. The summed E-state index contributed by atoms with van der Waals surface area (Å²) in [5.74, 6) is -1.77. The van der Waals surface area contributed by atoms with Gasteiger partial charge in [-0.2, -0.15) is 0 Å². The van der Waals surface area contributed by atoms with Crippen molar-refractivity contribution in [1.29, 1.82) is 0 Å². The van der Waals surface area contributed by atoms with Gasteiger partial charge in [-0.3, -0.25) is 19.7 Å². The number of nitrogens with zero attached hydrogens (tertiary/aromatic N) is 3. The molecule has 1 aliphatic heterocycles. The second kappa shape index (κ2) is 8.48. The monoisotopic (exact) mass is 384 g/mol. The normalized spacial score (nSPS) is 13.9. The number of carbonyl (C=O) groups excluding carboxylic acids is 3. The number of benzene rings is 1. The fourth-order valence-corrected chi connectivity index (χ4v) is 2.51. The van der Waals surface area contributed by atoms with Crippen LogP contribution in [-0.2, 0) is 14.3 Å². The highest BCUT2D eigenvalue weighted by Crippen LogP contribution is 2.26. The lowest BCUT2D eigenvalue weighted by Crippen LogP contribution is -2.53. The maximum atomic E-state index is 12.2. The average molecular weight is 385 g/mol. The van der Waals surface area contributed by atoms with Crippen LogP contribution in [0.5, 0.6) is 0 Å². The van der Waals surface area contributed by atoms with Gasteiger partial charge >= 0.3 is 17.9 Å². The standard InChI is InChI=1S/C15H17ClN4O6/c1-2-26-15(23)19-7-5-18(6-8-19)14(22)13(21)17-12-9-10(20(24)25)3-4-11(12)16/h3-4,9H,2,5-8H2,1H3,(H,17,21). The summed E-state index contributed by atoms with van der Waals surface area (Å²) in [5, 5.41) is 13.2. The molecule has 11 heteroatoms. The van der Waals surface area contributed by atoms with Crippen molar-refractivity contribution in [3.63, 3.8) is 0 Å². The third-order valence-electron chi connectivity index (χ3n) is 3.70. The molecule has 1 heterocycles. The SMILES string of the molecule is CCOC(=O)N1CCN(C(=O)C(=O)Nc2cc([N+](=O)[O-])ccc2Cl)CC1. The number of non-ortho nitro benzene ring substituents is 1. The topological polar surface area (TPSA) is 122 Å². The van der Waals surface area contributed by atoms with E-state index >= 15 is 0 Å². The van der Waals surface area contributed by atoms with Crippen molar-refractivity contribution in [2.75, 3.05) is 38.1 Å². The summed E-state index contributed by atoms with van der Waals surface area (Å²) in [6, 6.07) is 3.53. The molecule has 3 amide bonds. The summed E-state index contributed by atoms with van der Waals surface area (Å²) in [6.45, 7) is 2.79. The van der Waals surface area contributed by atoms with Crippen molar-refractivity contribution in [2.45, 2.75) is 6.92 Å². The molecule has 2 rings (SSSR count). The molecule has 140 valence electrons. The van der Waals surface area contributed by atoms with Gasteiger partial charge in [-0.15, -0.1) is 0 Å². The zero-order chi connectivity index (χ0) is 19.3. The molecule has 0 spiro atoms. The molecule has 1 aromatic carbocycles. The molecule has 0 radical (unpaired) electrons. The largest absolute Gasteiger partial charge is 0.450 e. The second-order valence-electron chi connectivity index (χ2n) is 5.35. The van der Waals surface area contributed by atoms with Gasteiger partial charge in [0.2, 0.25) is 0 Å². The van der Waals surface area contributed by atoms with Gasteiger partial charge in [0.1, 0.15) is 0 Å². The van der Waals surface area contributed by atoms with Crippen LogP contribution in [0.25, 0.3) is 0 Å². The van der Waals surface area contributed by atoms with Crippen LogP contribution in [0.3, 0.4) is 0 Å². The van der Waals surface area contributed by atoms with Gasteiger partial charge in [0.25, 0.3) is 5.69 Å². The van der Waals surface area contributed by atoms with E-state index in [1.165, 1.54) is 21.9 Å². The summed E-state index contributed by atoms with van der Waals surface area (Å²) in [6.07, 6.45) is -0.465. The Bertz CT molecular complexity index is 733. The van der Waals surface area contributed by atoms with E-state index in [1.54, 1.807) is 6.92 Å². The number of nitro groups is 1. The lowest BCUT2D eigenvalue weighted by atomic mass is 10.2. The highest BCUT2D eigenvalue weighted by atomic mass is 35.5. The van der Waals surface area contributed by atoms with E-state index in [-0.39, 0.29) is 49.2 Å². The first-order chi connectivity index (χ1) is 12.3. The van der Waals surface area contributed by atoms with Crippen LogP contribution in [0.1, 0.15) is 6.92 Å². The van der Waals surface area contributed by atoms with Gasteiger partial charge in [-0.25, -0.2) is 4.79 Å². The summed E-state index contributed by atoms with van der Waals surface area (Å²) in [4.78, 5) is 48.9. The van der Waals surface area contributed by atoms with Gasteiger partial charge < -0.3 is 19.9 Å². The van der Waals surface area contributed by atoms with Crippen LogP contribution >= 0.6 is 11.6 Å². The van der Waals surface area contributed by atoms with E-state index in [0.717, 1.165) is 6.07 Å². The third-order valence-corrected chi connectivity index (χ3v) is 4.03.